The standard InChI is InChI=1S/C23H28N2O4/c1-2-20-19(18-5-3-4-6-21(18)29-20)7-8-22(26)24-11-9-17(10-12-24)23(27)25-13-15-28-16-14-25/h3-8,17H,2,9-16H2,1H3/b8-7+. The molecule has 154 valence electrons. The first-order valence-electron chi connectivity index (χ1n) is 10.5. The number of hydrogen-bond donors (Lipinski definition) is 0. The molecule has 2 aliphatic rings. The van der Waals surface area contributed by atoms with Gasteiger partial charge in [-0.15, -0.1) is 0 Å². The Bertz CT molecular complexity index is 903. The van der Waals surface area contributed by atoms with E-state index in [9.17, 15) is 9.59 Å². The molecule has 0 atom stereocenters. The van der Waals surface area contributed by atoms with Crippen LogP contribution in [0.15, 0.2) is 34.8 Å². The molecule has 2 fully saturated rings. The predicted octanol–water partition coefficient (Wildman–Crippen LogP) is 3.11. The minimum absolute atomic E-state index is 0.00499. The highest BCUT2D eigenvalue weighted by Crippen LogP contribution is 2.28. The van der Waals surface area contributed by atoms with Gasteiger partial charge in [0.25, 0.3) is 0 Å². The number of fused-ring (bicyclic) bond motifs is 1. The van der Waals surface area contributed by atoms with Crippen LogP contribution in [-0.2, 0) is 20.7 Å². The second-order valence-electron chi connectivity index (χ2n) is 7.66. The Balaban J connectivity index is 1.37. The summed E-state index contributed by atoms with van der Waals surface area (Å²) in [5, 5.41) is 1.03. The van der Waals surface area contributed by atoms with Crippen molar-refractivity contribution >= 4 is 28.9 Å². The molecule has 1 aromatic carbocycles. The van der Waals surface area contributed by atoms with Crippen LogP contribution in [0.4, 0.5) is 0 Å². The summed E-state index contributed by atoms with van der Waals surface area (Å²) in [6.07, 6.45) is 5.74. The molecule has 0 aliphatic carbocycles. The number of carbonyl (C=O) groups is 2. The van der Waals surface area contributed by atoms with E-state index in [4.69, 9.17) is 9.15 Å². The van der Waals surface area contributed by atoms with Gasteiger partial charge in [-0.2, -0.15) is 0 Å². The quantitative estimate of drug-likeness (QED) is 0.745. The lowest BCUT2D eigenvalue weighted by Crippen LogP contribution is -2.47. The summed E-state index contributed by atoms with van der Waals surface area (Å²) in [7, 11) is 0. The van der Waals surface area contributed by atoms with Crippen LogP contribution in [0.25, 0.3) is 17.0 Å². The van der Waals surface area contributed by atoms with Crippen LogP contribution >= 0.6 is 0 Å². The number of para-hydroxylation sites is 1. The summed E-state index contributed by atoms with van der Waals surface area (Å²) in [4.78, 5) is 29.1. The molecule has 4 rings (SSSR count). The Morgan fingerprint density at radius 1 is 1.07 bits per heavy atom. The van der Waals surface area contributed by atoms with Gasteiger partial charge in [-0.05, 0) is 25.0 Å². The van der Waals surface area contributed by atoms with Crippen molar-refractivity contribution in [3.8, 4) is 0 Å². The number of piperidine rings is 1. The van der Waals surface area contributed by atoms with Crippen LogP contribution in [0, 0.1) is 5.92 Å². The lowest BCUT2D eigenvalue weighted by atomic mass is 9.95. The maximum atomic E-state index is 12.7. The summed E-state index contributed by atoms with van der Waals surface area (Å²) >= 11 is 0. The summed E-state index contributed by atoms with van der Waals surface area (Å²) < 4.78 is 11.2. The molecule has 3 heterocycles. The van der Waals surface area contributed by atoms with Gasteiger partial charge in [0.1, 0.15) is 11.3 Å². The highest BCUT2D eigenvalue weighted by Gasteiger charge is 2.30. The summed E-state index contributed by atoms with van der Waals surface area (Å²) in [5.41, 5.74) is 1.83. The van der Waals surface area contributed by atoms with Crippen LogP contribution in [-0.4, -0.2) is 61.0 Å². The molecule has 2 aromatic rings. The first kappa shape index (κ1) is 19.7. The third kappa shape index (κ3) is 4.22. The Morgan fingerprint density at radius 2 is 1.79 bits per heavy atom. The second kappa shape index (κ2) is 8.82. The fraction of sp³-hybridized carbons (Fsp3) is 0.478. The molecule has 0 saturated carbocycles. The van der Waals surface area contributed by atoms with E-state index >= 15 is 0 Å². The number of benzene rings is 1. The summed E-state index contributed by atoms with van der Waals surface area (Å²) in [5.74, 6) is 1.12. The first-order chi connectivity index (χ1) is 14.2. The molecule has 2 amide bonds. The fourth-order valence-corrected chi connectivity index (χ4v) is 4.21. The largest absolute Gasteiger partial charge is 0.460 e. The molecule has 1 aromatic heterocycles. The van der Waals surface area contributed by atoms with Gasteiger partial charge in [0, 0.05) is 55.5 Å². The van der Waals surface area contributed by atoms with Gasteiger partial charge in [-0.1, -0.05) is 25.1 Å². The number of nitrogens with zero attached hydrogens (tertiary/aromatic N) is 2. The maximum absolute atomic E-state index is 12.7. The smallest absolute Gasteiger partial charge is 0.246 e. The topological polar surface area (TPSA) is 63.0 Å². The number of morpholine rings is 1. The molecule has 0 N–H and O–H groups in total. The number of furan rings is 1. The molecule has 0 radical (unpaired) electrons. The van der Waals surface area contributed by atoms with E-state index in [2.05, 4.69) is 0 Å². The number of aryl methyl sites for hydroxylation is 1. The minimum atomic E-state index is -0.00499. The van der Waals surface area contributed by atoms with E-state index in [-0.39, 0.29) is 17.7 Å². The Kier molecular flexibility index (Phi) is 6.00. The van der Waals surface area contributed by atoms with Crippen LogP contribution in [0.2, 0.25) is 0 Å². The monoisotopic (exact) mass is 396 g/mol. The van der Waals surface area contributed by atoms with Crippen molar-refractivity contribution in [2.75, 3.05) is 39.4 Å². The fourth-order valence-electron chi connectivity index (χ4n) is 4.21. The van der Waals surface area contributed by atoms with Crippen molar-refractivity contribution in [1.29, 1.82) is 0 Å². The van der Waals surface area contributed by atoms with Crippen molar-refractivity contribution in [2.24, 2.45) is 5.92 Å². The van der Waals surface area contributed by atoms with E-state index in [0.717, 1.165) is 41.6 Å². The molecule has 2 saturated heterocycles. The second-order valence-corrected chi connectivity index (χ2v) is 7.66. The summed E-state index contributed by atoms with van der Waals surface area (Å²) in [6, 6.07) is 7.90. The minimum Gasteiger partial charge on any atom is -0.460 e. The zero-order valence-corrected chi connectivity index (χ0v) is 16.9. The average Bonchev–Trinajstić information content (AvgIpc) is 3.15. The van der Waals surface area contributed by atoms with Crippen molar-refractivity contribution in [1.82, 2.24) is 9.80 Å². The molecular formula is C23H28N2O4. The predicted molar refractivity (Wildman–Crippen MR) is 111 cm³/mol. The zero-order valence-electron chi connectivity index (χ0n) is 16.9. The van der Waals surface area contributed by atoms with E-state index < -0.39 is 0 Å². The van der Waals surface area contributed by atoms with Crippen molar-refractivity contribution in [3.63, 3.8) is 0 Å². The maximum Gasteiger partial charge on any atom is 0.246 e. The molecular weight excluding hydrogens is 368 g/mol. The highest BCUT2D eigenvalue weighted by atomic mass is 16.5. The molecule has 6 heteroatoms. The Hall–Kier alpha value is -2.60. The number of carbonyl (C=O) groups excluding carboxylic acids is 2. The number of ether oxygens (including phenoxy) is 1. The van der Waals surface area contributed by atoms with Gasteiger partial charge in [-0.25, -0.2) is 0 Å². The van der Waals surface area contributed by atoms with Gasteiger partial charge in [0.05, 0.1) is 13.2 Å². The SMILES string of the molecule is CCc1oc2ccccc2c1/C=C/C(=O)N1CCC(C(=O)N2CCOCC2)CC1. The third-order valence-corrected chi connectivity index (χ3v) is 5.90. The van der Waals surface area contributed by atoms with Crippen molar-refractivity contribution < 1.29 is 18.7 Å². The third-order valence-electron chi connectivity index (χ3n) is 5.90. The van der Waals surface area contributed by atoms with Gasteiger partial charge in [-0.3, -0.25) is 9.59 Å². The average molecular weight is 396 g/mol. The normalized spacial score (nSPS) is 18.7. The molecule has 0 bridgehead atoms. The van der Waals surface area contributed by atoms with E-state index in [1.807, 2.05) is 47.1 Å². The van der Waals surface area contributed by atoms with Crippen LogP contribution in [0.3, 0.4) is 0 Å². The van der Waals surface area contributed by atoms with Crippen LogP contribution in [0.1, 0.15) is 31.1 Å². The highest BCUT2D eigenvalue weighted by molar-refractivity contribution is 5.96. The number of amides is 2. The number of likely N-dealkylation sites (tertiary alicyclic amines) is 1. The Morgan fingerprint density at radius 3 is 2.52 bits per heavy atom. The molecule has 0 spiro atoms. The lowest BCUT2D eigenvalue weighted by Gasteiger charge is -2.35. The Labute approximate surface area is 171 Å². The molecule has 29 heavy (non-hydrogen) atoms. The van der Waals surface area contributed by atoms with Gasteiger partial charge in [0.2, 0.25) is 11.8 Å². The summed E-state index contributed by atoms with van der Waals surface area (Å²) in [6.45, 7) is 5.89. The van der Waals surface area contributed by atoms with E-state index in [1.54, 1.807) is 6.08 Å². The lowest BCUT2D eigenvalue weighted by molar-refractivity contribution is -0.142. The van der Waals surface area contributed by atoms with Crippen molar-refractivity contribution in [3.05, 3.63) is 41.7 Å². The van der Waals surface area contributed by atoms with Crippen LogP contribution in [0.5, 0.6) is 0 Å². The van der Waals surface area contributed by atoms with Gasteiger partial charge in [0.15, 0.2) is 0 Å². The molecule has 0 unspecified atom stereocenters. The molecule has 2 aliphatic heterocycles. The number of hydrogen-bond acceptors (Lipinski definition) is 4. The number of rotatable bonds is 4. The van der Waals surface area contributed by atoms with Gasteiger partial charge < -0.3 is 19.0 Å². The van der Waals surface area contributed by atoms with Crippen molar-refractivity contribution in [2.45, 2.75) is 26.2 Å². The van der Waals surface area contributed by atoms with Crippen LogP contribution < -0.4 is 0 Å². The molecule has 6 nitrogen and oxygen atoms in total. The van der Waals surface area contributed by atoms with E-state index in [0.29, 0.717) is 39.4 Å². The first-order valence-corrected chi connectivity index (χ1v) is 10.5. The zero-order chi connectivity index (χ0) is 20.2. The van der Waals surface area contributed by atoms with E-state index in [1.165, 1.54) is 0 Å². The van der Waals surface area contributed by atoms with Gasteiger partial charge >= 0.3 is 0 Å².